The van der Waals surface area contributed by atoms with Gasteiger partial charge >= 0.3 is 0 Å². The molecule has 0 radical (unpaired) electrons. The molecule has 134 valence electrons. The van der Waals surface area contributed by atoms with Crippen LogP contribution in [-0.4, -0.2) is 64.5 Å². The molecule has 0 spiro atoms. The Kier molecular flexibility index (Phi) is 5.44. The van der Waals surface area contributed by atoms with E-state index in [0.29, 0.717) is 44.2 Å². The Morgan fingerprint density at radius 3 is 2.64 bits per heavy atom. The van der Waals surface area contributed by atoms with E-state index in [4.69, 9.17) is 4.52 Å². The summed E-state index contributed by atoms with van der Waals surface area (Å²) in [5.74, 6) is 1.03. The van der Waals surface area contributed by atoms with E-state index in [9.17, 15) is 9.59 Å². The standard InChI is InChI=1S/C16H21N5O3S/c1-11-7-14(19-24-11)18-15(22)9-20-3-5-21(6-4-20)16(23)8-13-10-25-12(2)17-13/h7,10H,3-6,8-9H2,1-2H3,(H,18,19,22). The lowest BCUT2D eigenvalue weighted by molar-refractivity contribution is -0.132. The van der Waals surface area contributed by atoms with Gasteiger partial charge in [-0.3, -0.25) is 14.5 Å². The summed E-state index contributed by atoms with van der Waals surface area (Å²) >= 11 is 1.56. The first-order chi connectivity index (χ1) is 12.0. The Hall–Kier alpha value is -2.26. The molecule has 0 saturated carbocycles. The van der Waals surface area contributed by atoms with Crippen LogP contribution in [0.3, 0.4) is 0 Å². The smallest absolute Gasteiger partial charge is 0.239 e. The molecule has 0 bridgehead atoms. The van der Waals surface area contributed by atoms with Gasteiger partial charge in [-0.05, 0) is 13.8 Å². The van der Waals surface area contributed by atoms with Crippen molar-refractivity contribution in [3.63, 3.8) is 0 Å². The normalized spacial score (nSPS) is 15.4. The van der Waals surface area contributed by atoms with Crippen LogP contribution in [0.4, 0.5) is 5.82 Å². The zero-order valence-electron chi connectivity index (χ0n) is 14.3. The highest BCUT2D eigenvalue weighted by molar-refractivity contribution is 7.09. The van der Waals surface area contributed by atoms with E-state index in [1.165, 1.54) is 0 Å². The van der Waals surface area contributed by atoms with Crippen LogP contribution in [0, 0.1) is 13.8 Å². The largest absolute Gasteiger partial charge is 0.360 e. The Bertz CT molecular complexity index is 749. The van der Waals surface area contributed by atoms with E-state index >= 15 is 0 Å². The number of thiazole rings is 1. The van der Waals surface area contributed by atoms with E-state index < -0.39 is 0 Å². The maximum atomic E-state index is 12.3. The number of nitrogens with zero attached hydrogens (tertiary/aromatic N) is 4. The molecule has 1 aliphatic heterocycles. The van der Waals surface area contributed by atoms with E-state index in [2.05, 4.69) is 15.5 Å². The molecule has 2 amide bonds. The molecular weight excluding hydrogens is 342 g/mol. The second-order valence-electron chi connectivity index (χ2n) is 6.06. The first-order valence-electron chi connectivity index (χ1n) is 8.14. The number of aromatic nitrogens is 2. The fraction of sp³-hybridized carbons (Fsp3) is 0.500. The van der Waals surface area contributed by atoms with Crippen molar-refractivity contribution in [1.82, 2.24) is 19.9 Å². The molecule has 8 nitrogen and oxygen atoms in total. The van der Waals surface area contributed by atoms with Crippen LogP contribution in [-0.2, 0) is 16.0 Å². The van der Waals surface area contributed by atoms with Crippen LogP contribution in [0.15, 0.2) is 16.0 Å². The van der Waals surface area contributed by atoms with Crippen LogP contribution in [0.1, 0.15) is 16.5 Å². The Labute approximate surface area is 149 Å². The molecule has 1 aliphatic rings. The molecule has 3 rings (SSSR count). The van der Waals surface area contributed by atoms with Gasteiger partial charge in [-0.1, -0.05) is 5.16 Å². The second kappa shape index (κ2) is 7.75. The first kappa shape index (κ1) is 17.6. The molecule has 3 heterocycles. The lowest BCUT2D eigenvalue weighted by Gasteiger charge is -2.34. The van der Waals surface area contributed by atoms with Crippen molar-refractivity contribution in [1.29, 1.82) is 0 Å². The molecule has 0 unspecified atom stereocenters. The lowest BCUT2D eigenvalue weighted by Crippen LogP contribution is -2.50. The van der Waals surface area contributed by atoms with Gasteiger partial charge in [0.2, 0.25) is 11.8 Å². The van der Waals surface area contributed by atoms with Crippen molar-refractivity contribution in [3.8, 4) is 0 Å². The summed E-state index contributed by atoms with van der Waals surface area (Å²) in [6, 6.07) is 1.68. The maximum absolute atomic E-state index is 12.3. The topological polar surface area (TPSA) is 91.6 Å². The molecule has 1 N–H and O–H groups in total. The zero-order valence-corrected chi connectivity index (χ0v) is 15.1. The number of amides is 2. The lowest BCUT2D eigenvalue weighted by atomic mass is 10.2. The van der Waals surface area contributed by atoms with Crippen LogP contribution in [0.2, 0.25) is 0 Å². The Balaban J connectivity index is 1.42. The van der Waals surface area contributed by atoms with Crippen LogP contribution in [0.5, 0.6) is 0 Å². The average molecular weight is 363 g/mol. The molecule has 2 aromatic rings. The average Bonchev–Trinajstić information content (AvgIpc) is 3.16. The molecule has 9 heteroatoms. The highest BCUT2D eigenvalue weighted by Gasteiger charge is 2.23. The van der Waals surface area contributed by atoms with Gasteiger partial charge in [0.25, 0.3) is 0 Å². The number of aryl methyl sites for hydroxylation is 2. The quantitative estimate of drug-likeness (QED) is 0.854. The molecular formula is C16H21N5O3S. The number of hydrogen-bond donors (Lipinski definition) is 1. The van der Waals surface area contributed by atoms with E-state index in [-0.39, 0.29) is 18.4 Å². The Morgan fingerprint density at radius 2 is 2.04 bits per heavy atom. The third kappa shape index (κ3) is 4.86. The van der Waals surface area contributed by atoms with E-state index in [0.717, 1.165) is 10.7 Å². The monoisotopic (exact) mass is 363 g/mol. The van der Waals surface area contributed by atoms with Gasteiger partial charge in [0.15, 0.2) is 5.82 Å². The van der Waals surface area contributed by atoms with Crippen LogP contribution in [0.25, 0.3) is 0 Å². The van der Waals surface area contributed by atoms with Crippen LogP contribution >= 0.6 is 11.3 Å². The Morgan fingerprint density at radius 1 is 1.28 bits per heavy atom. The van der Waals surface area contributed by atoms with E-state index in [1.54, 1.807) is 24.3 Å². The molecule has 0 aromatic carbocycles. The summed E-state index contributed by atoms with van der Waals surface area (Å²) in [4.78, 5) is 32.5. The molecule has 0 atom stereocenters. The van der Waals surface area contributed by atoms with E-state index in [1.807, 2.05) is 22.1 Å². The highest BCUT2D eigenvalue weighted by atomic mass is 32.1. The van der Waals surface area contributed by atoms with Gasteiger partial charge in [-0.15, -0.1) is 11.3 Å². The summed E-state index contributed by atoms with van der Waals surface area (Å²) in [5, 5.41) is 9.35. The maximum Gasteiger partial charge on any atom is 0.239 e. The van der Waals surface area contributed by atoms with Crippen molar-refractivity contribution in [3.05, 3.63) is 27.9 Å². The number of carbonyl (C=O) groups is 2. The number of rotatable bonds is 5. The summed E-state index contributed by atoms with van der Waals surface area (Å²) in [6.07, 6.45) is 0.344. The molecule has 2 aromatic heterocycles. The predicted molar refractivity (Wildman–Crippen MR) is 93.4 cm³/mol. The minimum atomic E-state index is -0.133. The van der Waals surface area contributed by atoms with Crippen molar-refractivity contribution in [2.24, 2.45) is 0 Å². The van der Waals surface area contributed by atoms with Gasteiger partial charge in [0.05, 0.1) is 23.7 Å². The summed E-state index contributed by atoms with van der Waals surface area (Å²) < 4.78 is 4.92. The molecule has 25 heavy (non-hydrogen) atoms. The number of piperazine rings is 1. The van der Waals surface area contributed by atoms with Gasteiger partial charge in [-0.25, -0.2) is 4.98 Å². The number of anilines is 1. The SMILES string of the molecule is Cc1cc(NC(=O)CN2CCN(C(=O)Cc3csc(C)n3)CC2)no1. The first-order valence-corrected chi connectivity index (χ1v) is 9.02. The minimum absolute atomic E-state index is 0.0903. The molecule has 1 saturated heterocycles. The predicted octanol–water partition coefficient (Wildman–Crippen LogP) is 1.07. The third-order valence-corrected chi connectivity index (χ3v) is 4.81. The van der Waals surface area contributed by atoms with Gasteiger partial charge in [-0.2, -0.15) is 0 Å². The molecule has 1 fully saturated rings. The minimum Gasteiger partial charge on any atom is -0.360 e. The summed E-state index contributed by atoms with van der Waals surface area (Å²) in [5.41, 5.74) is 0.831. The highest BCUT2D eigenvalue weighted by Crippen LogP contribution is 2.11. The zero-order chi connectivity index (χ0) is 17.8. The fourth-order valence-corrected chi connectivity index (χ4v) is 3.33. The van der Waals surface area contributed by atoms with Gasteiger partial charge in [0.1, 0.15) is 5.76 Å². The van der Waals surface area contributed by atoms with Gasteiger partial charge < -0.3 is 14.7 Å². The second-order valence-corrected chi connectivity index (χ2v) is 7.12. The summed E-state index contributed by atoms with van der Waals surface area (Å²) in [6.45, 7) is 6.57. The number of carbonyl (C=O) groups excluding carboxylic acids is 2. The van der Waals surface area contributed by atoms with Crippen molar-refractivity contribution < 1.29 is 14.1 Å². The number of nitrogens with one attached hydrogen (secondary N) is 1. The van der Waals surface area contributed by atoms with Crippen molar-refractivity contribution in [2.45, 2.75) is 20.3 Å². The van der Waals surface area contributed by atoms with Crippen molar-refractivity contribution in [2.75, 3.05) is 38.0 Å². The van der Waals surface area contributed by atoms with Crippen molar-refractivity contribution >= 4 is 29.0 Å². The molecule has 0 aliphatic carbocycles. The van der Waals surface area contributed by atoms with Gasteiger partial charge in [0, 0.05) is 37.6 Å². The fourth-order valence-electron chi connectivity index (χ4n) is 2.72. The summed E-state index contributed by atoms with van der Waals surface area (Å²) in [7, 11) is 0. The number of hydrogen-bond acceptors (Lipinski definition) is 7. The van der Waals surface area contributed by atoms with Crippen LogP contribution < -0.4 is 5.32 Å². The third-order valence-electron chi connectivity index (χ3n) is 3.99.